The van der Waals surface area contributed by atoms with E-state index < -0.39 is 0 Å². The summed E-state index contributed by atoms with van der Waals surface area (Å²) in [5.41, 5.74) is 4.70. The highest BCUT2D eigenvalue weighted by atomic mass is 32.1. The quantitative estimate of drug-likeness (QED) is 0.576. The second kappa shape index (κ2) is 9.02. The van der Waals surface area contributed by atoms with Crippen molar-refractivity contribution >= 4 is 22.4 Å². The number of amides is 1. The van der Waals surface area contributed by atoms with E-state index in [1.165, 1.54) is 22.5 Å². The Labute approximate surface area is 170 Å². The molecule has 28 heavy (non-hydrogen) atoms. The number of benzene rings is 2. The first-order valence-electron chi connectivity index (χ1n) is 9.44. The van der Waals surface area contributed by atoms with E-state index in [1.54, 1.807) is 0 Å². The third-order valence-corrected chi connectivity index (χ3v) is 5.32. The number of anilines is 1. The molecule has 3 rings (SSSR count). The molecule has 5 heteroatoms. The highest BCUT2D eigenvalue weighted by Gasteiger charge is 2.12. The van der Waals surface area contributed by atoms with Gasteiger partial charge in [-0.1, -0.05) is 55.8 Å². The maximum Gasteiger partial charge on any atom is 0.264 e. The van der Waals surface area contributed by atoms with Gasteiger partial charge in [-0.15, -0.1) is 11.3 Å². The minimum Gasteiger partial charge on any atom is -0.483 e. The molecule has 3 aromatic rings. The second-order valence-corrected chi connectivity index (χ2v) is 8.45. The van der Waals surface area contributed by atoms with Gasteiger partial charge < -0.3 is 4.74 Å². The number of ether oxygens (including phenoxy) is 1. The molecule has 4 nitrogen and oxygen atoms in total. The molecule has 1 aromatic heterocycles. The molecule has 0 spiro atoms. The molecule has 2 aromatic carbocycles. The number of carbonyl (C=O) groups excluding carboxylic acids is 1. The third-order valence-electron chi connectivity index (χ3n) is 4.41. The standard InChI is InChI=1S/C23H26N2O2S/c1-15(2)20-9-8-17(4)11-21(20)27-14-22(26)25-23-24-13-19(28-23)12-18-7-5-6-16(3)10-18/h5-11,13,15H,12,14H2,1-4H3,(H,24,25,26). The number of hydrogen-bond donors (Lipinski definition) is 1. The van der Waals surface area contributed by atoms with Gasteiger partial charge >= 0.3 is 0 Å². The normalized spacial score (nSPS) is 10.9. The van der Waals surface area contributed by atoms with Crippen molar-refractivity contribution in [3.63, 3.8) is 0 Å². The highest BCUT2D eigenvalue weighted by molar-refractivity contribution is 7.15. The van der Waals surface area contributed by atoms with Gasteiger partial charge in [-0.3, -0.25) is 10.1 Å². The number of hydrogen-bond acceptors (Lipinski definition) is 4. The summed E-state index contributed by atoms with van der Waals surface area (Å²) in [5.74, 6) is 0.902. The van der Waals surface area contributed by atoms with Crippen molar-refractivity contribution < 1.29 is 9.53 Å². The van der Waals surface area contributed by atoms with Crippen molar-refractivity contribution in [2.45, 2.75) is 40.0 Å². The van der Waals surface area contributed by atoms with Crippen LogP contribution in [0.15, 0.2) is 48.7 Å². The lowest BCUT2D eigenvalue weighted by Crippen LogP contribution is -2.20. The first kappa shape index (κ1) is 20.1. The average Bonchev–Trinajstić information content (AvgIpc) is 3.06. The fourth-order valence-electron chi connectivity index (χ4n) is 3.01. The second-order valence-electron chi connectivity index (χ2n) is 7.33. The summed E-state index contributed by atoms with van der Waals surface area (Å²) < 4.78 is 5.79. The van der Waals surface area contributed by atoms with Crippen molar-refractivity contribution in [3.05, 3.63) is 75.8 Å². The summed E-state index contributed by atoms with van der Waals surface area (Å²) in [7, 11) is 0. The largest absolute Gasteiger partial charge is 0.483 e. The Hall–Kier alpha value is -2.66. The average molecular weight is 395 g/mol. The molecule has 0 saturated heterocycles. The van der Waals surface area contributed by atoms with Gasteiger partial charge in [-0.05, 0) is 42.5 Å². The smallest absolute Gasteiger partial charge is 0.264 e. The summed E-state index contributed by atoms with van der Waals surface area (Å²) in [6.07, 6.45) is 2.63. The summed E-state index contributed by atoms with van der Waals surface area (Å²) in [4.78, 5) is 17.7. The molecule has 1 heterocycles. The zero-order valence-corrected chi connectivity index (χ0v) is 17.6. The van der Waals surface area contributed by atoms with E-state index in [0.29, 0.717) is 11.0 Å². The van der Waals surface area contributed by atoms with Crippen LogP contribution in [0.3, 0.4) is 0 Å². The molecule has 0 fully saturated rings. The minimum absolute atomic E-state index is 0.0318. The Morgan fingerprint density at radius 2 is 1.93 bits per heavy atom. The molecule has 0 atom stereocenters. The Bertz CT molecular complexity index is 963. The predicted molar refractivity (Wildman–Crippen MR) is 115 cm³/mol. The van der Waals surface area contributed by atoms with Crippen LogP contribution in [-0.4, -0.2) is 17.5 Å². The van der Waals surface area contributed by atoms with Crippen molar-refractivity contribution in [1.82, 2.24) is 4.98 Å². The number of aromatic nitrogens is 1. The van der Waals surface area contributed by atoms with Crippen molar-refractivity contribution in [2.75, 3.05) is 11.9 Å². The maximum absolute atomic E-state index is 12.3. The number of rotatable bonds is 7. The molecule has 0 aliphatic heterocycles. The lowest BCUT2D eigenvalue weighted by atomic mass is 10.0. The molecule has 1 amide bonds. The Morgan fingerprint density at radius 3 is 2.68 bits per heavy atom. The van der Waals surface area contributed by atoms with Crippen molar-refractivity contribution in [3.8, 4) is 5.75 Å². The van der Waals surface area contributed by atoms with Gasteiger partial charge in [0.2, 0.25) is 0 Å². The molecule has 0 aliphatic carbocycles. The van der Waals surface area contributed by atoms with E-state index in [0.717, 1.165) is 28.2 Å². The predicted octanol–water partition coefficient (Wildman–Crippen LogP) is 5.49. The number of thiazole rings is 1. The van der Waals surface area contributed by atoms with Crippen LogP contribution in [0.1, 0.15) is 46.9 Å². The molecule has 0 unspecified atom stereocenters. The van der Waals surface area contributed by atoms with Crippen LogP contribution >= 0.6 is 11.3 Å². The number of nitrogens with zero attached hydrogens (tertiary/aromatic N) is 1. The summed E-state index contributed by atoms with van der Waals surface area (Å²) >= 11 is 1.50. The van der Waals surface area contributed by atoms with Gasteiger partial charge in [0.05, 0.1) is 0 Å². The minimum atomic E-state index is -0.201. The number of nitrogens with one attached hydrogen (secondary N) is 1. The molecule has 1 N–H and O–H groups in total. The van der Waals surface area contributed by atoms with Crippen LogP contribution in [0.2, 0.25) is 0 Å². The zero-order valence-electron chi connectivity index (χ0n) is 16.8. The van der Waals surface area contributed by atoms with Gasteiger partial charge in [0.15, 0.2) is 11.7 Å². The first-order chi connectivity index (χ1) is 13.4. The summed E-state index contributed by atoms with van der Waals surface area (Å²) in [6.45, 7) is 8.30. The fraction of sp³-hybridized carbons (Fsp3) is 0.304. The zero-order chi connectivity index (χ0) is 20.1. The number of aryl methyl sites for hydroxylation is 2. The molecular formula is C23H26N2O2S. The molecule has 0 radical (unpaired) electrons. The monoisotopic (exact) mass is 394 g/mol. The van der Waals surface area contributed by atoms with Crippen LogP contribution in [0.5, 0.6) is 5.75 Å². The summed E-state index contributed by atoms with van der Waals surface area (Å²) in [5, 5.41) is 3.44. The van der Waals surface area contributed by atoms with Gasteiger partial charge in [0.1, 0.15) is 5.75 Å². The van der Waals surface area contributed by atoms with Crippen molar-refractivity contribution in [2.24, 2.45) is 0 Å². The van der Waals surface area contributed by atoms with E-state index in [1.807, 2.05) is 19.2 Å². The van der Waals surface area contributed by atoms with Crippen LogP contribution < -0.4 is 10.1 Å². The van der Waals surface area contributed by atoms with Gasteiger partial charge in [0.25, 0.3) is 5.91 Å². The van der Waals surface area contributed by atoms with Crippen LogP contribution in [0.4, 0.5) is 5.13 Å². The third kappa shape index (κ3) is 5.42. The lowest BCUT2D eigenvalue weighted by Gasteiger charge is -2.14. The Balaban J connectivity index is 1.57. The highest BCUT2D eigenvalue weighted by Crippen LogP contribution is 2.27. The van der Waals surface area contributed by atoms with Gasteiger partial charge in [0, 0.05) is 17.5 Å². The van der Waals surface area contributed by atoms with E-state index >= 15 is 0 Å². The van der Waals surface area contributed by atoms with Crippen LogP contribution in [0.25, 0.3) is 0 Å². The van der Waals surface area contributed by atoms with Gasteiger partial charge in [-0.2, -0.15) is 0 Å². The van der Waals surface area contributed by atoms with E-state index in [9.17, 15) is 4.79 Å². The molecule has 0 saturated carbocycles. The topological polar surface area (TPSA) is 51.2 Å². The maximum atomic E-state index is 12.3. The molecule has 0 bridgehead atoms. The molecular weight excluding hydrogens is 368 g/mol. The van der Waals surface area contributed by atoms with E-state index in [2.05, 4.69) is 67.5 Å². The SMILES string of the molecule is Cc1cccc(Cc2cnc(NC(=O)COc3cc(C)ccc3C(C)C)s2)c1. The number of carbonyl (C=O) groups is 1. The molecule has 0 aliphatic rings. The fourth-order valence-corrected chi connectivity index (χ4v) is 3.88. The first-order valence-corrected chi connectivity index (χ1v) is 10.3. The van der Waals surface area contributed by atoms with Crippen LogP contribution in [0, 0.1) is 13.8 Å². The van der Waals surface area contributed by atoms with E-state index in [4.69, 9.17) is 4.74 Å². The Morgan fingerprint density at radius 1 is 1.14 bits per heavy atom. The van der Waals surface area contributed by atoms with E-state index in [-0.39, 0.29) is 12.5 Å². The van der Waals surface area contributed by atoms with Gasteiger partial charge in [-0.25, -0.2) is 4.98 Å². The lowest BCUT2D eigenvalue weighted by molar-refractivity contribution is -0.118. The summed E-state index contributed by atoms with van der Waals surface area (Å²) in [6, 6.07) is 14.5. The molecule has 146 valence electrons. The van der Waals surface area contributed by atoms with Crippen molar-refractivity contribution in [1.29, 1.82) is 0 Å². The van der Waals surface area contributed by atoms with Crippen LogP contribution in [-0.2, 0) is 11.2 Å². The Kier molecular flexibility index (Phi) is 6.47.